The lowest BCUT2D eigenvalue weighted by Gasteiger charge is -2.07. The van der Waals surface area contributed by atoms with E-state index in [9.17, 15) is 4.39 Å². The molecule has 0 aromatic heterocycles. The standard InChI is InChI=1S/C14H12ClFS/c1-10-6-7-12(8-13(10)16)17-14-5-3-2-4-11(14)9-15/h2-8H,9H2,1H3. The van der Waals surface area contributed by atoms with Crippen molar-refractivity contribution in [1.82, 2.24) is 0 Å². The largest absolute Gasteiger partial charge is 0.207 e. The van der Waals surface area contributed by atoms with Gasteiger partial charge in [0, 0.05) is 15.7 Å². The maximum Gasteiger partial charge on any atom is 0.127 e. The van der Waals surface area contributed by atoms with Crippen molar-refractivity contribution >= 4 is 23.4 Å². The Balaban J connectivity index is 2.28. The second-order valence-corrected chi connectivity index (χ2v) is 5.14. The van der Waals surface area contributed by atoms with Gasteiger partial charge in [0.1, 0.15) is 5.82 Å². The SMILES string of the molecule is Cc1ccc(Sc2ccccc2CCl)cc1F. The van der Waals surface area contributed by atoms with Crippen LogP contribution in [-0.2, 0) is 5.88 Å². The van der Waals surface area contributed by atoms with Crippen molar-refractivity contribution in [3.8, 4) is 0 Å². The fraction of sp³-hybridized carbons (Fsp3) is 0.143. The Morgan fingerprint density at radius 1 is 1.18 bits per heavy atom. The molecule has 17 heavy (non-hydrogen) atoms. The van der Waals surface area contributed by atoms with Crippen molar-refractivity contribution in [2.75, 3.05) is 0 Å². The zero-order valence-corrected chi connectivity index (χ0v) is 11.0. The van der Waals surface area contributed by atoms with E-state index < -0.39 is 0 Å². The molecule has 0 unspecified atom stereocenters. The fourth-order valence-corrected chi connectivity index (χ4v) is 2.76. The zero-order chi connectivity index (χ0) is 12.3. The van der Waals surface area contributed by atoms with Crippen molar-refractivity contribution in [3.05, 3.63) is 59.4 Å². The summed E-state index contributed by atoms with van der Waals surface area (Å²) in [5.41, 5.74) is 1.74. The Kier molecular flexibility index (Phi) is 4.08. The van der Waals surface area contributed by atoms with E-state index in [-0.39, 0.29) is 5.82 Å². The predicted octanol–water partition coefficient (Wildman–Crippen LogP) is 5.02. The molecule has 0 saturated carbocycles. The third-order valence-corrected chi connectivity index (χ3v) is 3.88. The Morgan fingerprint density at radius 2 is 1.94 bits per heavy atom. The first-order valence-electron chi connectivity index (χ1n) is 5.28. The van der Waals surface area contributed by atoms with Crippen LogP contribution < -0.4 is 0 Å². The normalized spacial score (nSPS) is 10.5. The fourth-order valence-electron chi connectivity index (χ4n) is 1.48. The lowest BCUT2D eigenvalue weighted by atomic mass is 10.2. The van der Waals surface area contributed by atoms with E-state index in [0.29, 0.717) is 11.4 Å². The zero-order valence-electron chi connectivity index (χ0n) is 9.41. The molecule has 2 aromatic rings. The molecule has 0 radical (unpaired) electrons. The molecule has 2 rings (SSSR count). The molecular weight excluding hydrogens is 255 g/mol. The van der Waals surface area contributed by atoms with Crippen LogP contribution in [0.4, 0.5) is 4.39 Å². The van der Waals surface area contributed by atoms with Gasteiger partial charge in [-0.3, -0.25) is 0 Å². The van der Waals surface area contributed by atoms with Gasteiger partial charge in [0.15, 0.2) is 0 Å². The average molecular weight is 267 g/mol. The Labute approximate surface area is 110 Å². The van der Waals surface area contributed by atoms with Gasteiger partial charge in [-0.25, -0.2) is 4.39 Å². The van der Waals surface area contributed by atoms with E-state index in [1.807, 2.05) is 30.3 Å². The van der Waals surface area contributed by atoms with Crippen LogP contribution in [0.3, 0.4) is 0 Å². The van der Waals surface area contributed by atoms with Crippen molar-refractivity contribution in [1.29, 1.82) is 0 Å². The summed E-state index contributed by atoms with van der Waals surface area (Å²) in [7, 11) is 0. The van der Waals surface area contributed by atoms with Crippen LogP contribution in [-0.4, -0.2) is 0 Å². The highest BCUT2D eigenvalue weighted by Gasteiger charge is 2.05. The van der Waals surface area contributed by atoms with Gasteiger partial charge in [0.05, 0.1) is 0 Å². The van der Waals surface area contributed by atoms with E-state index in [2.05, 4.69) is 0 Å². The minimum Gasteiger partial charge on any atom is -0.207 e. The highest BCUT2D eigenvalue weighted by molar-refractivity contribution is 7.99. The molecule has 2 aromatic carbocycles. The maximum atomic E-state index is 13.4. The average Bonchev–Trinajstić information content (AvgIpc) is 2.34. The van der Waals surface area contributed by atoms with Gasteiger partial charge < -0.3 is 0 Å². The lowest BCUT2D eigenvalue weighted by molar-refractivity contribution is 0.615. The molecule has 0 heterocycles. The Morgan fingerprint density at radius 3 is 2.65 bits per heavy atom. The van der Waals surface area contributed by atoms with Gasteiger partial charge in [-0.05, 0) is 36.2 Å². The summed E-state index contributed by atoms with van der Waals surface area (Å²) in [6.45, 7) is 1.76. The summed E-state index contributed by atoms with van der Waals surface area (Å²) in [6, 6.07) is 13.2. The number of aryl methyl sites for hydroxylation is 1. The summed E-state index contributed by atoms with van der Waals surface area (Å²) in [5.74, 6) is 0.302. The van der Waals surface area contributed by atoms with Crippen molar-refractivity contribution < 1.29 is 4.39 Å². The molecule has 0 N–H and O–H groups in total. The molecule has 0 spiro atoms. The van der Waals surface area contributed by atoms with Crippen molar-refractivity contribution in [3.63, 3.8) is 0 Å². The molecule has 0 aliphatic heterocycles. The maximum absolute atomic E-state index is 13.4. The minimum atomic E-state index is -0.168. The summed E-state index contributed by atoms with van der Waals surface area (Å²) in [5, 5.41) is 0. The van der Waals surface area contributed by atoms with E-state index in [0.717, 1.165) is 15.4 Å². The Bertz CT molecular complexity index is 525. The van der Waals surface area contributed by atoms with Crippen LogP contribution in [0.5, 0.6) is 0 Å². The minimum absolute atomic E-state index is 0.168. The Hall–Kier alpha value is -0.990. The van der Waals surface area contributed by atoms with Crippen LogP contribution in [0.15, 0.2) is 52.3 Å². The van der Waals surface area contributed by atoms with Gasteiger partial charge in [-0.1, -0.05) is 36.0 Å². The molecule has 0 aliphatic rings. The number of benzene rings is 2. The number of alkyl halides is 1. The van der Waals surface area contributed by atoms with E-state index in [1.54, 1.807) is 19.1 Å². The van der Waals surface area contributed by atoms with Crippen LogP contribution in [0.25, 0.3) is 0 Å². The molecular formula is C14H12ClFS. The third kappa shape index (κ3) is 3.02. The first kappa shape index (κ1) is 12.5. The molecule has 0 fully saturated rings. The van der Waals surface area contributed by atoms with E-state index in [4.69, 9.17) is 11.6 Å². The number of hydrogen-bond donors (Lipinski definition) is 0. The highest BCUT2D eigenvalue weighted by atomic mass is 35.5. The van der Waals surface area contributed by atoms with Crippen LogP contribution in [0.1, 0.15) is 11.1 Å². The van der Waals surface area contributed by atoms with Crippen LogP contribution >= 0.6 is 23.4 Å². The molecule has 0 amide bonds. The topological polar surface area (TPSA) is 0 Å². The quantitative estimate of drug-likeness (QED) is 0.703. The molecule has 0 saturated heterocycles. The van der Waals surface area contributed by atoms with Crippen LogP contribution in [0, 0.1) is 12.7 Å². The first-order valence-corrected chi connectivity index (χ1v) is 6.63. The van der Waals surface area contributed by atoms with E-state index in [1.165, 1.54) is 11.8 Å². The smallest absolute Gasteiger partial charge is 0.127 e. The van der Waals surface area contributed by atoms with Crippen molar-refractivity contribution in [2.45, 2.75) is 22.6 Å². The molecule has 88 valence electrons. The summed E-state index contributed by atoms with van der Waals surface area (Å²) in [4.78, 5) is 1.97. The number of rotatable bonds is 3. The summed E-state index contributed by atoms with van der Waals surface area (Å²) < 4.78 is 13.4. The molecule has 0 atom stereocenters. The molecule has 3 heteroatoms. The van der Waals surface area contributed by atoms with Gasteiger partial charge in [-0.2, -0.15) is 0 Å². The first-order chi connectivity index (χ1) is 8.20. The van der Waals surface area contributed by atoms with Gasteiger partial charge >= 0.3 is 0 Å². The lowest BCUT2D eigenvalue weighted by Crippen LogP contribution is -1.85. The van der Waals surface area contributed by atoms with E-state index >= 15 is 0 Å². The second-order valence-electron chi connectivity index (χ2n) is 3.75. The summed E-state index contributed by atoms with van der Waals surface area (Å²) in [6.07, 6.45) is 0. The molecule has 0 bridgehead atoms. The van der Waals surface area contributed by atoms with Crippen LogP contribution in [0.2, 0.25) is 0 Å². The second kappa shape index (κ2) is 5.56. The number of hydrogen-bond acceptors (Lipinski definition) is 1. The monoisotopic (exact) mass is 266 g/mol. The highest BCUT2D eigenvalue weighted by Crippen LogP contribution is 2.31. The van der Waals surface area contributed by atoms with Gasteiger partial charge in [0.25, 0.3) is 0 Å². The predicted molar refractivity (Wildman–Crippen MR) is 71.3 cm³/mol. The van der Waals surface area contributed by atoms with Gasteiger partial charge in [0.2, 0.25) is 0 Å². The molecule has 0 nitrogen and oxygen atoms in total. The molecule has 0 aliphatic carbocycles. The van der Waals surface area contributed by atoms with Crippen molar-refractivity contribution in [2.24, 2.45) is 0 Å². The summed E-state index contributed by atoms with van der Waals surface area (Å²) >= 11 is 7.40. The number of halogens is 2. The van der Waals surface area contributed by atoms with Gasteiger partial charge in [-0.15, -0.1) is 11.6 Å². The third-order valence-electron chi connectivity index (χ3n) is 2.49.